The van der Waals surface area contributed by atoms with Crippen LogP contribution in [0.25, 0.3) is 11.0 Å². The number of nitrogens with zero attached hydrogens (tertiary/aromatic N) is 2. The Morgan fingerprint density at radius 3 is 2.70 bits per heavy atom. The maximum Gasteiger partial charge on any atom is 0.243 e. The SMILES string of the molecule is COc1cccc2c1nc(N)n2C(C)C(=O)NC(C)C. The third kappa shape index (κ3) is 2.41. The highest BCUT2D eigenvalue weighted by molar-refractivity contribution is 5.88. The molecule has 1 atom stereocenters. The number of methoxy groups -OCH3 is 1. The molecule has 1 amide bonds. The maximum atomic E-state index is 12.2. The van der Waals surface area contributed by atoms with Crippen LogP contribution in [0.2, 0.25) is 0 Å². The molecule has 0 aliphatic rings. The third-order valence-corrected chi connectivity index (χ3v) is 3.13. The molecule has 1 aromatic heterocycles. The fourth-order valence-corrected chi connectivity index (χ4v) is 2.20. The summed E-state index contributed by atoms with van der Waals surface area (Å²) in [6.07, 6.45) is 0. The molecule has 0 saturated carbocycles. The van der Waals surface area contributed by atoms with E-state index in [1.807, 2.05) is 32.0 Å². The quantitative estimate of drug-likeness (QED) is 0.890. The van der Waals surface area contributed by atoms with Gasteiger partial charge in [-0.25, -0.2) is 4.98 Å². The van der Waals surface area contributed by atoms with E-state index in [4.69, 9.17) is 10.5 Å². The molecule has 108 valence electrons. The Labute approximate surface area is 117 Å². The number of rotatable bonds is 4. The number of amides is 1. The molecular formula is C14H20N4O2. The molecule has 2 rings (SSSR count). The van der Waals surface area contributed by atoms with E-state index in [9.17, 15) is 4.79 Å². The second-order valence-corrected chi connectivity index (χ2v) is 5.01. The molecule has 0 fully saturated rings. The Morgan fingerprint density at radius 1 is 1.40 bits per heavy atom. The molecule has 3 N–H and O–H groups in total. The van der Waals surface area contributed by atoms with Crippen molar-refractivity contribution in [3.63, 3.8) is 0 Å². The Bertz CT molecular complexity index is 633. The monoisotopic (exact) mass is 276 g/mol. The van der Waals surface area contributed by atoms with Gasteiger partial charge in [0.1, 0.15) is 17.3 Å². The fourth-order valence-electron chi connectivity index (χ4n) is 2.20. The average Bonchev–Trinajstić information content (AvgIpc) is 2.72. The number of carbonyl (C=O) groups excluding carboxylic acids is 1. The predicted molar refractivity (Wildman–Crippen MR) is 78.7 cm³/mol. The van der Waals surface area contributed by atoms with E-state index < -0.39 is 6.04 Å². The third-order valence-electron chi connectivity index (χ3n) is 3.13. The zero-order valence-corrected chi connectivity index (χ0v) is 12.2. The number of para-hydroxylation sites is 1. The summed E-state index contributed by atoms with van der Waals surface area (Å²) in [7, 11) is 1.58. The average molecular weight is 276 g/mol. The first-order chi connectivity index (χ1) is 9.45. The van der Waals surface area contributed by atoms with Gasteiger partial charge in [-0.15, -0.1) is 0 Å². The smallest absolute Gasteiger partial charge is 0.243 e. The van der Waals surface area contributed by atoms with Crippen molar-refractivity contribution in [3.8, 4) is 5.75 Å². The number of nitrogen functional groups attached to an aromatic ring is 1. The van der Waals surface area contributed by atoms with Crippen LogP contribution in [0.5, 0.6) is 5.75 Å². The highest BCUT2D eigenvalue weighted by Crippen LogP contribution is 2.29. The van der Waals surface area contributed by atoms with Gasteiger partial charge in [-0.2, -0.15) is 0 Å². The molecule has 1 unspecified atom stereocenters. The van der Waals surface area contributed by atoms with Crippen LogP contribution in [-0.2, 0) is 4.79 Å². The van der Waals surface area contributed by atoms with Crippen LogP contribution in [0, 0.1) is 0 Å². The van der Waals surface area contributed by atoms with Gasteiger partial charge in [-0.3, -0.25) is 9.36 Å². The van der Waals surface area contributed by atoms with Crippen molar-refractivity contribution in [2.75, 3.05) is 12.8 Å². The van der Waals surface area contributed by atoms with E-state index in [1.165, 1.54) is 0 Å². The van der Waals surface area contributed by atoms with Crippen molar-refractivity contribution in [3.05, 3.63) is 18.2 Å². The number of hydrogen-bond donors (Lipinski definition) is 2. The summed E-state index contributed by atoms with van der Waals surface area (Å²) in [5.74, 6) is 0.856. The molecule has 0 radical (unpaired) electrons. The second-order valence-electron chi connectivity index (χ2n) is 5.01. The number of carbonyl (C=O) groups is 1. The highest BCUT2D eigenvalue weighted by atomic mass is 16.5. The minimum atomic E-state index is -0.436. The molecule has 2 aromatic rings. The van der Waals surface area contributed by atoms with Crippen LogP contribution >= 0.6 is 0 Å². The van der Waals surface area contributed by atoms with E-state index in [1.54, 1.807) is 18.6 Å². The lowest BCUT2D eigenvalue weighted by Gasteiger charge is -2.17. The molecule has 20 heavy (non-hydrogen) atoms. The molecule has 1 aromatic carbocycles. The van der Waals surface area contributed by atoms with Gasteiger partial charge in [0, 0.05) is 6.04 Å². The topological polar surface area (TPSA) is 82.2 Å². The van der Waals surface area contributed by atoms with E-state index in [0.717, 1.165) is 5.52 Å². The molecule has 1 heterocycles. The maximum absolute atomic E-state index is 12.2. The minimum absolute atomic E-state index is 0.0792. The molecule has 0 spiro atoms. The standard InChI is InChI=1S/C14H20N4O2/c1-8(2)16-13(19)9(3)18-10-6-5-7-11(20-4)12(10)17-14(18)15/h5-9H,1-4H3,(H2,15,17)(H,16,19). The van der Waals surface area contributed by atoms with Gasteiger partial charge in [0.2, 0.25) is 11.9 Å². The zero-order valence-electron chi connectivity index (χ0n) is 12.2. The number of nitrogens with two attached hydrogens (primary N) is 1. The largest absolute Gasteiger partial charge is 0.494 e. The number of ether oxygens (including phenoxy) is 1. The summed E-state index contributed by atoms with van der Waals surface area (Å²) in [4.78, 5) is 16.5. The molecule has 6 nitrogen and oxygen atoms in total. The second kappa shape index (κ2) is 5.40. The molecule has 0 bridgehead atoms. The molecule has 0 aliphatic carbocycles. The van der Waals surface area contributed by atoms with Crippen molar-refractivity contribution in [2.45, 2.75) is 32.9 Å². The number of anilines is 1. The fraction of sp³-hybridized carbons (Fsp3) is 0.429. The summed E-state index contributed by atoms with van der Waals surface area (Å²) in [6, 6.07) is 5.19. The minimum Gasteiger partial charge on any atom is -0.494 e. The van der Waals surface area contributed by atoms with Crippen LogP contribution in [-0.4, -0.2) is 28.6 Å². The number of imidazole rings is 1. The summed E-state index contributed by atoms with van der Waals surface area (Å²) >= 11 is 0. The van der Waals surface area contributed by atoms with E-state index in [2.05, 4.69) is 10.3 Å². The van der Waals surface area contributed by atoms with Crippen molar-refractivity contribution in [1.82, 2.24) is 14.9 Å². The Hall–Kier alpha value is -2.24. The summed E-state index contributed by atoms with van der Waals surface area (Å²) in [5.41, 5.74) is 7.41. The van der Waals surface area contributed by atoms with Gasteiger partial charge < -0.3 is 15.8 Å². The van der Waals surface area contributed by atoms with Gasteiger partial charge in [0.25, 0.3) is 0 Å². The van der Waals surface area contributed by atoms with E-state index in [0.29, 0.717) is 17.2 Å². The summed E-state index contributed by atoms with van der Waals surface area (Å²) in [5, 5.41) is 2.88. The summed E-state index contributed by atoms with van der Waals surface area (Å²) in [6.45, 7) is 5.64. The highest BCUT2D eigenvalue weighted by Gasteiger charge is 2.22. The van der Waals surface area contributed by atoms with Gasteiger partial charge >= 0.3 is 0 Å². The predicted octanol–water partition coefficient (Wildman–Crippen LogP) is 1.71. The van der Waals surface area contributed by atoms with Crippen LogP contribution in [0.1, 0.15) is 26.8 Å². The Kier molecular flexibility index (Phi) is 3.83. The van der Waals surface area contributed by atoms with Gasteiger partial charge in [0.05, 0.1) is 12.6 Å². The molecule has 6 heteroatoms. The van der Waals surface area contributed by atoms with Crippen molar-refractivity contribution >= 4 is 22.9 Å². The number of benzene rings is 1. The first-order valence-corrected chi connectivity index (χ1v) is 6.56. The van der Waals surface area contributed by atoms with Crippen LogP contribution < -0.4 is 15.8 Å². The number of hydrogen-bond acceptors (Lipinski definition) is 4. The number of fused-ring (bicyclic) bond motifs is 1. The van der Waals surface area contributed by atoms with Gasteiger partial charge in [-0.1, -0.05) is 6.07 Å². The first kappa shape index (κ1) is 14.2. The van der Waals surface area contributed by atoms with Crippen molar-refractivity contribution in [2.24, 2.45) is 0 Å². The van der Waals surface area contributed by atoms with E-state index >= 15 is 0 Å². The molecule has 0 saturated heterocycles. The number of nitrogens with one attached hydrogen (secondary N) is 1. The zero-order chi connectivity index (χ0) is 14.9. The number of aromatic nitrogens is 2. The van der Waals surface area contributed by atoms with Gasteiger partial charge in [0.15, 0.2) is 0 Å². The lowest BCUT2D eigenvalue weighted by atomic mass is 10.2. The Morgan fingerprint density at radius 2 is 2.10 bits per heavy atom. The normalized spacial score (nSPS) is 12.7. The molecular weight excluding hydrogens is 256 g/mol. The van der Waals surface area contributed by atoms with Crippen LogP contribution in [0.15, 0.2) is 18.2 Å². The van der Waals surface area contributed by atoms with Crippen LogP contribution in [0.4, 0.5) is 5.95 Å². The van der Waals surface area contributed by atoms with Gasteiger partial charge in [-0.05, 0) is 32.9 Å². The summed E-state index contributed by atoms with van der Waals surface area (Å²) < 4.78 is 6.99. The lowest BCUT2D eigenvalue weighted by molar-refractivity contribution is -0.124. The first-order valence-electron chi connectivity index (χ1n) is 6.56. The van der Waals surface area contributed by atoms with E-state index in [-0.39, 0.29) is 11.9 Å². The Balaban J connectivity index is 2.49. The lowest BCUT2D eigenvalue weighted by Crippen LogP contribution is -2.36. The van der Waals surface area contributed by atoms with Crippen molar-refractivity contribution in [1.29, 1.82) is 0 Å². The van der Waals surface area contributed by atoms with Crippen molar-refractivity contribution < 1.29 is 9.53 Å². The molecule has 0 aliphatic heterocycles. The van der Waals surface area contributed by atoms with Crippen LogP contribution in [0.3, 0.4) is 0 Å².